The Morgan fingerprint density at radius 3 is 1.41 bits per heavy atom. The maximum atomic E-state index is 11.5. The number of rotatable bonds is 19. The maximum Gasteiger partial charge on any atom is 0.472 e. The molecule has 0 aromatic carbocycles. The summed E-state index contributed by atoms with van der Waals surface area (Å²) >= 11 is 0. The van der Waals surface area contributed by atoms with E-state index >= 15 is 0 Å². The van der Waals surface area contributed by atoms with Gasteiger partial charge in [-0.1, -0.05) is 0 Å². The second kappa shape index (κ2) is 15.8. The molecule has 0 aliphatic rings. The lowest BCUT2D eigenvalue weighted by Gasteiger charge is -2.16. The highest BCUT2D eigenvalue weighted by Crippen LogP contribution is 2.45. The van der Waals surface area contributed by atoms with Crippen LogP contribution in [0.2, 0.25) is 0 Å². The molecule has 3 N–H and O–H groups in total. The van der Waals surface area contributed by atoms with E-state index in [1.807, 2.05) is 0 Å². The van der Waals surface area contributed by atoms with Crippen molar-refractivity contribution in [2.75, 3.05) is 46.2 Å². The average molecular weight is 466 g/mol. The quantitative estimate of drug-likeness (QED) is 0.190. The Morgan fingerprint density at radius 1 is 0.724 bits per heavy atom. The number of ether oxygens (including phenoxy) is 2. The zero-order chi connectivity index (χ0) is 22.3. The molecular weight excluding hydrogens is 430 g/mol. The van der Waals surface area contributed by atoms with Gasteiger partial charge in [0.25, 0.3) is 0 Å². The first kappa shape index (κ1) is 29.1. The van der Waals surface area contributed by atoms with Crippen LogP contribution in [0.15, 0.2) is 0 Å². The van der Waals surface area contributed by atoms with Crippen molar-refractivity contribution in [1.29, 1.82) is 0 Å². The van der Waals surface area contributed by atoms with Crippen molar-refractivity contribution in [3.05, 3.63) is 0 Å². The standard InChI is InChI=1S/C16H36O11P2/c1-14(2)26-28(18,19)24-9-5-7-22-12-16(11-17)13-23-8-6-10-25-29(20,21)27-15(3)4/h14-17H,5-13H2,1-4H3,(H,18,19)(H,20,21). The van der Waals surface area contributed by atoms with E-state index in [-0.39, 0.29) is 52.2 Å². The highest BCUT2D eigenvalue weighted by molar-refractivity contribution is 7.47. The second-order valence-corrected chi connectivity index (χ2v) is 9.63. The van der Waals surface area contributed by atoms with E-state index in [9.17, 15) is 24.0 Å². The van der Waals surface area contributed by atoms with Crippen LogP contribution in [0.4, 0.5) is 0 Å². The molecule has 176 valence electrons. The minimum absolute atomic E-state index is 0.00995. The summed E-state index contributed by atoms with van der Waals surface area (Å²) in [5.74, 6) is -0.238. The van der Waals surface area contributed by atoms with E-state index in [1.54, 1.807) is 27.7 Å². The number of aliphatic hydroxyl groups is 1. The van der Waals surface area contributed by atoms with Gasteiger partial charge in [-0.15, -0.1) is 0 Å². The van der Waals surface area contributed by atoms with Crippen molar-refractivity contribution in [2.45, 2.75) is 52.7 Å². The molecule has 0 saturated heterocycles. The summed E-state index contributed by atoms with van der Waals surface area (Å²) in [7, 11) is -8.06. The van der Waals surface area contributed by atoms with Crippen molar-refractivity contribution < 1.29 is 51.6 Å². The summed E-state index contributed by atoms with van der Waals surface area (Å²) < 4.78 is 52.9. The van der Waals surface area contributed by atoms with Crippen LogP contribution in [0.1, 0.15) is 40.5 Å². The molecule has 0 aliphatic carbocycles. The summed E-state index contributed by atoms with van der Waals surface area (Å²) in [5.41, 5.74) is 0. The van der Waals surface area contributed by atoms with E-state index in [0.29, 0.717) is 12.8 Å². The van der Waals surface area contributed by atoms with Gasteiger partial charge >= 0.3 is 15.6 Å². The fraction of sp³-hybridized carbons (Fsp3) is 1.00. The van der Waals surface area contributed by atoms with E-state index in [4.69, 9.17) is 27.6 Å². The molecule has 13 heteroatoms. The van der Waals surface area contributed by atoms with Crippen LogP contribution < -0.4 is 0 Å². The van der Waals surface area contributed by atoms with Gasteiger partial charge in [0.1, 0.15) is 0 Å². The summed E-state index contributed by atoms with van der Waals surface area (Å²) in [5, 5.41) is 9.33. The number of phosphoric ester groups is 2. The van der Waals surface area contributed by atoms with E-state index in [2.05, 4.69) is 0 Å². The first-order valence-electron chi connectivity index (χ1n) is 9.55. The average Bonchev–Trinajstić information content (AvgIpc) is 2.56. The minimum atomic E-state index is -4.03. The van der Waals surface area contributed by atoms with Crippen molar-refractivity contribution in [3.63, 3.8) is 0 Å². The number of hydrogen-bond donors (Lipinski definition) is 3. The van der Waals surface area contributed by atoms with Crippen LogP contribution in [0.5, 0.6) is 0 Å². The summed E-state index contributed by atoms with van der Waals surface area (Å²) in [6, 6.07) is 0. The fourth-order valence-corrected chi connectivity index (χ4v) is 3.84. The third-order valence-corrected chi connectivity index (χ3v) is 5.42. The first-order valence-corrected chi connectivity index (χ1v) is 12.5. The molecule has 0 radical (unpaired) electrons. The predicted octanol–water partition coefficient (Wildman–Crippen LogP) is 2.49. The van der Waals surface area contributed by atoms with Gasteiger partial charge < -0.3 is 24.4 Å². The molecular formula is C16H36O11P2. The highest BCUT2D eigenvalue weighted by atomic mass is 31.2. The molecule has 0 amide bonds. The van der Waals surface area contributed by atoms with E-state index in [0.717, 1.165) is 0 Å². The topological polar surface area (TPSA) is 150 Å². The lowest BCUT2D eigenvalue weighted by Crippen LogP contribution is -2.21. The van der Waals surface area contributed by atoms with Gasteiger partial charge in [-0.25, -0.2) is 9.13 Å². The Morgan fingerprint density at radius 2 is 1.10 bits per heavy atom. The molecule has 0 aromatic rings. The lowest BCUT2D eigenvalue weighted by molar-refractivity contribution is 0.00939. The van der Waals surface area contributed by atoms with Crippen molar-refractivity contribution >= 4 is 15.6 Å². The zero-order valence-corrected chi connectivity index (χ0v) is 19.4. The molecule has 0 fully saturated rings. The molecule has 0 rings (SSSR count). The molecule has 11 nitrogen and oxygen atoms in total. The van der Waals surface area contributed by atoms with Gasteiger partial charge in [0, 0.05) is 19.1 Å². The van der Waals surface area contributed by atoms with Crippen molar-refractivity contribution in [2.24, 2.45) is 5.92 Å². The Balaban J connectivity index is 3.73. The van der Waals surface area contributed by atoms with E-state index in [1.165, 1.54) is 0 Å². The summed E-state index contributed by atoms with van der Waals surface area (Å²) in [4.78, 5) is 18.8. The van der Waals surface area contributed by atoms with Crippen LogP contribution in [0.3, 0.4) is 0 Å². The Labute approximate surface area is 172 Å². The molecule has 0 heterocycles. The highest BCUT2D eigenvalue weighted by Gasteiger charge is 2.23. The molecule has 0 bridgehead atoms. The van der Waals surface area contributed by atoms with Gasteiger partial charge in [-0.05, 0) is 40.5 Å². The van der Waals surface area contributed by atoms with Gasteiger partial charge in [0.15, 0.2) is 0 Å². The van der Waals surface area contributed by atoms with E-state index < -0.39 is 27.9 Å². The number of phosphoric acid groups is 2. The third-order valence-electron chi connectivity index (χ3n) is 3.03. The van der Waals surface area contributed by atoms with Crippen LogP contribution in [-0.4, -0.2) is 73.3 Å². The first-order chi connectivity index (χ1) is 13.5. The van der Waals surface area contributed by atoms with Gasteiger partial charge in [0.05, 0.1) is 45.2 Å². The van der Waals surface area contributed by atoms with Crippen LogP contribution in [0, 0.1) is 5.92 Å². The van der Waals surface area contributed by atoms with Gasteiger partial charge in [-0.2, -0.15) is 0 Å². The maximum absolute atomic E-state index is 11.5. The van der Waals surface area contributed by atoms with Crippen LogP contribution in [0.25, 0.3) is 0 Å². The van der Waals surface area contributed by atoms with Gasteiger partial charge in [0.2, 0.25) is 0 Å². The Kier molecular flexibility index (Phi) is 15.9. The predicted molar refractivity (Wildman–Crippen MR) is 105 cm³/mol. The van der Waals surface area contributed by atoms with Crippen LogP contribution in [-0.2, 0) is 36.7 Å². The largest absolute Gasteiger partial charge is 0.472 e. The number of hydrogen-bond acceptors (Lipinski definition) is 9. The number of aliphatic hydroxyl groups excluding tert-OH is 1. The lowest BCUT2D eigenvalue weighted by atomic mass is 10.2. The molecule has 2 atom stereocenters. The van der Waals surface area contributed by atoms with Crippen molar-refractivity contribution in [3.8, 4) is 0 Å². The SMILES string of the molecule is CC(C)OP(=O)(O)OCCCOCC(CO)COCCCOP(=O)(O)OC(C)C. The minimum Gasteiger partial charge on any atom is -0.396 e. The molecule has 29 heavy (non-hydrogen) atoms. The van der Waals surface area contributed by atoms with Crippen molar-refractivity contribution in [1.82, 2.24) is 0 Å². The third kappa shape index (κ3) is 18.6. The smallest absolute Gasteiger partial charge is 0.396 e. The van der Waals surface area contributed by atoms with Gasteiger partial charge in [-0.3, -0.25) is 18.1 Å². The normalized spacial score (nSPS) is 17.4. The molecule has 0 aliphatic heterocycles. The summed E-state index contributed by atoms with van der Waals surface area (Å²) in [6.07, 6.45) is -0.0507. The second-order valence-electron chi connectivity index (χ2n) is 6.82. The molecule has 2 unspecified atom stereocenters. The molecule has 0 saturated carbocycles. The zero-order valence-electron chi connectivity index (χ0n) is 17.6. The summed E-state index contributed by atoms with van der Waals surface area (Å²) in [6.45, 7) is 7.48. The fourth-order valence-electron chi connectivity index (χ4n) is 1.93. The Bertz CT molecular complexity index is 459. The van der Waals surface area contributed by atoms with Crippen LogP contribution >= 0.6 is 15.6 Å². The monoisotopic (exact) mass is 466 g/mol. The Hall–Kier alpha value is 0.1000. The molecule has 0 aromatic heterocycles. The molecule has 0 spiro atoms.